The Morgan fingerprint density at radius 1 is 1.08 bits per heavy atom. The molecule has 1 fully saturated rings. The number of ether oxygens (including phenoxy) is 2. The van der Waals surface area contributed by atoms with Gasteiger partial charge in [-0.3, -0.25) is 0 Å². The van der Waals surface area contributed by atoms with Crippen LogP contribution < -0.4 is 14.4 Å². The zero-order valence-electron chi connectivity index (χ0n) is 14.2. The molecule has 0 unspecified atom stereocenters. The van der Waals surface area contributed by atoms with Gasteiger partial charge in [-0.1, -0.05) is 18.2 Å². The van der Waals surface area contributed by atoms with Crippen molar-refractivity contribution in [2.45, 2.75) is 32.0 Å². The number of pyridine rings is 1. The molecule has 1 aromatic carbocycles. The third-order valence-electron chi connectivity index (χ3n) is 4.31. The number of para-hydroxylation sites is 2. The standard InChI is InChI=1S/C19H24N2O3/c1-14(22)16-6-5-9-19(20-16)21-12-10-15(11-13-21)24-18-8-4-3-7-17(18)23-2/h3-9,14-15,22H,10-13H2,1-2H3/t14-/m1/s1. The summed E-state index contributed by atoms with van der Waals surface area (Å²) in [5, 5.41) is 9.69. The summed E-state index contributed by atoms with van der Waals surface area (Å²) in [6.45, 7) is 3.51. The first-order valence-electron chi connectivity index (χ1n) is 8.37. The average Bonchev–Trinajstić information content (AvgIpc) is 2.63. The molecular formula is C19H24N2O3. The SMILES string of the molecule is COc1ccccc1OC1CCN(c2cccc([C@@H](C)O)n2)CC1. The van der Waals surface area contributed by atoms with Crippen molar-refractivity contribution in [2.24, 2.45) is 0 Å². The second-order valence-electron chi connectivity index (χ2n) is 6.05. The molecule has 1 aliphatic heterocycles. The minimum absolute atomic E-state index is 0.178. The van der Waals surface area contributed by atoms with E-state index in [0.29, 0.717) is 5.69 Å². The van der Waals surface area contributed by atoms with Crippen LogP contribution in [0.2, 0.25) is 0 Å². The largest absolute Gasteiger partial charge is 0.493 e. The van der Waals surface area contributed by atoms with Gasteiger partial charge in [-0.25, -0.2) is 4.98 Å². The Hall–Kier alpha value is -2.27. The Morgan fingerprint density at radius 3 is 2.46 bits per heavy atom. The van der Waals surface area contributed by atoms with Crippen molar-refractivity contribution >= 4 is 5.82 Å². The lowest BCUT2D eigenvalue weighted by molar-refractivity contribution is 0.164. The van der Waals surface area contributed by atoms with Crippen molar-refractivity contribution in [3.63, 3.8) is 0 Å². The summed E-state index contributed by atoms with van der Waals surface area (Å²) in [7, 11) is 1.66. The summed E-state index contributed by atoms with van der Waals surface area (Å²) < 4.78 is 11.5. The number of piperidine rings is 1. The van der Waals surface area contributed by atoms with E-state index in [1.165, 1.54) is 0 Å². The Bertz CT molecular complexity index is 667. The summed E-state index contributed by atoms with van der Waals surface area (Å²) in [5.74, 6) is 2.49. The van der Waals surface area contributed by atoms with E-state index in [-0.39, 0.29) is 6.10 Å². The number of methoxy groups -OCH3 is 1. The number of aliphatic hydroxyl groups is 1. The van der Waals surface area contributed by atoms with Crippen molar-refractivity contribution in [3.8, 4) is 11.5 Å². The lowest BCUT2D eigenvalue weighted by atomic mass is 10.1. The molecule has 0 radical (unpaired) electrons. The third kappa shape index (κ3) is 3.79. The van der Waals surface area contributed by atoms with Crippen LogP contribution in [0.1, 0.15) is 31.6 Å². The van der Waals surface area contributed by atoms with E-state index in [1.54, 1.807) is 14.0 Å². The highest BCUT2D eigenvalue weighted by Crippen LogP contribution is 2.29. The Labute approximate surface area is 142 Å². The molecule has 0 aliphatic carbocycles. The molecule has 5 heteroatoms. The number of aromatic nitrogens is 1. The van der Waals surface area contributed by atoms with Crippen LogP contribution in [0.4, 0.5) is 5.82 Å². The molecule has 1 aliphatic rings. The average molecular weight is 328 g/mol. The maximum absolute atomic E-state index is 9.69. The zero-order chi connectivity index (χ0) is 16.9. The monoisotopic (exact) mass is 328 g/mol. The maximum atomic E-state index is 9.69. The van der Waals surface area contributed by atoms with Gasteiger partial charge in [0.2, 0.25) is 0 Å². The quantitative estimate of drug-likeness (QED) is 0.913. The van der Waals surface area contributed by atoms with E-state index >= 15 is 0 Å². The zero-order valence-corrected chi connectivity index (χ0v) is 14.2. The fourth-order valence-corrected chi connectivity index (χ4v) is 2.95. The van der Waals surface area contributed by atoms with Crippen molar-refractivity contribution in [1.29, 1.82) is 0 Å². The summed E-state index contributed by atoms with van der Waals surface area (Å²) in [5.41, 5.74) is 0.708. The third-order valence-corrected chi connectivity index (χ3v) is 4.31. The molecule has 5 nitrogen and oxygen atoms in total. The van der Waals surface area contributed by atoms with E-state index in [4.69, 9.17) is 9.47 Å². The summed E-state index contributed by atoms with van der Waals surface area (Å²) in [4.78, 5) is 6.79. The molecule has 1 saturated heterocycles. The number of benzene rings is 1. The highest BCUT2D eigenvalue weighted by atomic mass is 16.5. The van der Waals surface area contributed by atoms with Crippen molar-refractivity contribution in [3.05, 3.63) is 48.2 Å². The van der Waals surface area contributed by atoms with Gasteiger partial charge in [0.25, 0.3) is 0 Å². The second-order valence-corrected chi connectivity index (χ2v) is 6.05. The van der Waals surface area contributed by atoms with Crippen LogP contribution >= 0.6 is 0 Å². The lowest BCUT2D eigenvalue weighted by Crippen LogP contribution is -2.38. The molecule has 1 N–H and O–H groups in total. The molecule has 1 atom stereocenters. The molecule has 1 aromatic heterocycles. The fraction of sp³-hybridized carbons (Fsp3) is 0.421. The van der Waals surface area contributed by atoms with Gasteiger partial charge in [0.1, 0.15) is 11.9 Å². The molecular weight excluding hydrogens is 304 g/mol. The number of anilines is 1. The number of aliphatic hydroxyl groups excluding tert-OH is 1. The van der Waals surface area contributed by atoms with Gasteiger partial charge in [-0.2, -0.15) is 0 Å². The first kappa shape index (κ1) is 16.6. The summed E-state index contributed by atoms with van der Waals surface area (Å²) in [6.07, 6.45) is 1.49. The van der Waals surface area contributed by atoms with Gasteiger partial charge in [0, 0.05) is 25.9 Å². The minimum Gasteiger partial charge on any atom is -0.493 e. The number of hydrogen-bond acceptors (Lipinski definition) is 5. The molecule has 0 amide bonds. The van der Waals surface area contributed by atoms with Crippen LogP contribution in [-0.4, -0.2) is 36.4 Å². The minimum atomic E-state index is -0.545. The summed E-state index contributed by atoms with van der Waals surface area (Å²) in [6, 6.07) is 13.5. The molecule has 2 heterocycles. The van der Waals surface area contributed by atoms with Crippen LogP contribution in [0.5, 0.6) is 11.5 Å². The van der Waals surface area contributed by atoms with Crippen molar-refractivity contribution in [2.75, 3.05) is 25.1 Å². The maximum Gasteiger partial charge on any atom is 0.161 e. The van der Waals surface area contributed by atoms with Crippen LogP contribution in [0.15, 0.2) is 42.5 Å². The first-order chi connectivity index (χ1) is 11.7. The topological polar surface area (TPSA) is 54.8 Å². The van der Waals surface area contributed by atoms with E-state index < -0.39 is 6.10 Å². The van der Waals surface area contributed by atoms with Gasteiger partial charge in [0.15, 0.2) is 11.5 Å². The molecule has 0 spiro atoms. The van der Waals surface area contributed by atoms with Crippen LogP contribution in [-0.2, 0) is 0 Å². The molecule has 2 aromatic rings. The Kier molecular flexibility index (Phi) is 5.20. The van der Waals surface area contributed by atoms with Gasteiger partial charge in [-0.15, -0.1) is 0 Å². The van der Waals surface area contributed by atoms with Crippen LogP contribution in [0, 0.1) is 0 Å². The van der Waals surface area contributed by atoms with Crippen molar-refractivity contribution < 1.29 is 14.6 Å². The predicted octanol–water partition coefficient (Wildman–Crippen LogP) is 3.19. The van der Waals surface area contributed by atoms with Gasteiger partial charge < -0.3 is 19.5 Å². The molecule has 24 heavy (non-hydrogen) atoms. The first-order valence-corrected chi connectivity index (χ1v) is 8.37. The van der Waals surface area contributed by atoms with Gasteiger partial charge in [0.05, 0.1) is 18.9 Å². The smallest absolute Gasteiger partial charge is 0.161 e. The van der Waals surface area contributed by atoms with Gasteiger partial charge in [-0.05, 0) is 31.2 Å². The highest BCUT2D eigenvalue weighted by molar-refractivity contribution is 5.41. The van der Waals surface area contributed by atoms with Gasteiger partial charge >= 0.3 is 0 Å². The normalized spacial score (nSPS) is 16.7. The van der Waals surface area contributed by atoms with Crippen LogP contribution in [0.3, 0.4) is 0 Å². The van der Waals surface area contributed by atoms with E-state index in [2.05, 4.69) is 9.88 Å². The Morgan fingerprint density at radius 2 is 1.79 bits per heavy atom. The lowest BCUT2D eigenvalue weighted by Gasteiger charge is -2.33. The number of rotatable bonds is 5. The molecule has 0 bridgehead atoms. The summed E-state index contributed by atoms with van der Waals surface area (Å²) >= 11 is 0. The van der Waals surface area contributed by atoms with Crippen molar-refractivity contribution in [1.82, 2.24) is 4.98 Å². The van der Waals surface area contributed by atoms with E-state index in [1.807, 2.05) is 42.5 Å². The number of nitrogens with zero attached hydrogens (tertiary/aromatic N) is 2. The molecule has 0 saturated carbocycles. The van der Waals surface area contributed by atoms with Crippen LogP contribution in [0.25, 0.3) is 0 Å². The second kappa shape index (κ2) is 7.53. The number of hydrogen-bond donors (Lipinski definition) is 1. The molecule has 3 rings (SSSR count). The predicted molar refractivity (Wildman–Crippen MR) is 93.7 cm³/mol. The van der Waals surface area contributed by atoms with E-state index in [0.717, 1.165) is 43.2 Å². The van der Waals surface area contributed by atoms with E-state index in [9.17, 15) is 5.11 Å². The fourth-order valence-electron chi connectivity index (χ4n) is 2.95. The highest BCUT2D eigenvalue weighted by Gasteiger charge is 2.22. The Balaban J connectivity index is 1.61. The molecule has 128 valence electrons.